The fourth-order valence-electron chi connectivity index (χ4n) is 3.39. The van der Waals surface area contributed by atoms with E-state index in [0.29, 0.717) is 12.7 Å². The molecule has 3 saturated heterocycles. The number of aliphatic imine (C=N–C) groups is 1. The molecule has 3 fully saturated rings. The lowest BCUT2D eigenvalue weighted by atomic mass is 9.91. The number of ether oxygens (including phenoxy) is 4. The maximum atomic E-state index is 6.58. The Morgan fingerprint density at radius 3 is 2.59 bits per heavy atom. The van der Waals surface area contributed by atoms with Crippen LogP contribution in [0.5, 0.6) is 0 Å². The molecule has 0 saturated carbocycles. The molecule has 0 aromatic rings. The summed E-state index contributed by atoms with van der Waals surface area (Å²) in [6.07, 6.45) is -0.0445. The Bertz CT molecular complexity index is 531. The lowest BCUT2D eigenvalue weighted by Crippen LogP contribution is -2.54. The zero-order valence-corrected chi connectivity index (χ0v) is 15.1. The van der Waals surface area contributed by atoms with Crippen molar-refractivity contribution in [2.45, 2.75) is 82.1 Å². The van der Waals surface area contributed by atoms with Crippen LogP contribution in [0, 0.1) is 0 Å². The highest BCUT2D eigenvalue weighted by atomic mass is 28.4. The maximum Gasteiger partial charge on any atom is 0.384 e. The molecular formula is C15H25NO5Si. The highest BCUT2D eigenvalue weighted by Crippen LogP contribution is 2.62. The van der Waals surface area contributed by atoms with E-state index in [1.54, 1.807) is 0 Å². The van der Waals surface area contributed by atoms with Gasteiger partial charge in [-0.1, -0.05) is 20.8 Å². The minimum atomic E-state index is -1.94. The molecule has 4 aliphatic rings. The fraction of sp³-hybridized carbons (Fsp3) is 0.933. The van der Waals surface area contributed by atoms with Crippen LogP contribution >= 0.6 is 0 Å². The SMILES string of the molecule is CCOC1=N[C@H]2[C@@H](O1)[C@H]1O[C@@H]2[C@@H]2O[C@]12O[Si](C)(C)C(C)(C)C. The molecule has 0 N–H and O–H groups in total. The number of epoxide rings is 1. The predicted octanol–water partition coefficient (Wildman–Crippen LogP) is 2.04. The van der Waals surface area contributed by atoms with Crippen LogP contribution in [0.15, 0.2) is 4.99 Å². The predicted molar refractivity (Wildman–Crippen MR) is 82.3 cm³/mol. The Morgan fingerprint density at radius 2 is 1.95 bits per heavy atom. The van der Waals surface area contributed by atoms with Gasteiger partial charge in [0.25, 0.3) is 0 Å². The molecule has 0 amide bonds. The van der Waals surface area contributed by atoms with Crippen molar-refractivity contribution < 1.29 is 23.4 Å². The molecule has 4 rings (SSSR count). The maximum absolute atomic E-state index is 6.58. The minimum Gasteiger partial charge on any atom is -0.451 e. The van der Waals surface area contributed by atoms with Gasteiger partial charge in [-0.2, -0.15) is 0 Å². The first kappa shape index (κ1) is 14.9. The first-order valence-corrected chi connectivity index (χ1v) is 11.0. The third-order valence-electron chi connectivity index (χ3n) is 5.60. The van der Waals surface area contributed by atoms with E-state index in [1.165, 1.54) is 0 Å². The van der Waals surface area contributed by atoms with Crippen LogP contribution in [0.25, 0.3) is 0 Å². The molecule has 22 heavy (non-hydrogen) atoms. The van der Waals surface area contributed by atoms with E-state index < -0.39 is 14.1 Å². The number of hydrogen-bond acceptors (Lipinski definition) is 6. The van der Waals surface area contributed by atoms with Crippen LogP contribution in [0.1, 0.15) is 27.7 Å². The van der Waals surface area contributed by atoms with Gasteiger partial charge in [-0.15, -0.1) is 0 Å². The number of nitrogens with zero attached hydrogens (tertiary/aromatic N) is 1. The van der Waals surface area contributed by atoms with Gasteiger partial charge in [-0.3, -0.25) is 0 Å². The van der Waals surface area contributed by atoms with Crippen LogP contribution in [0.2, 0.25) is 18.1 Å². The van der Waals surface area contributed by atoms with E-state index in [1.807, 2.05) is 6.92 Å². The van der Waals surface area contributed by atoms with Gasteiger partial charge in [0, 0.05) is 0 Å². The van der Waals surface area contributed by atoms with E-state index in [4.69, 9.17) is 23.4 Å². The Balaban J connectivity index is 1.54. The van der Waals surface area contributed by atoms with Gasteiger partial charge in [0.15, 0.2) is 20.5 Å². The van der Waals surface area contributed by atoms with Gasteiger partial charge >= 0.3 is 6.08 Å². The average Bonchev–Trinajstić information content (AvgIpc) is 2.71. The molecule has 0 radical (unpaired) electrons. The van der Waals surface area contributed by atoms with E-state index in [9.17, 15) is 0 Å². The quantitative estimate of drug-likeness (QED) is 0.586. The normalized spacial score (nSPS) is 45.2. The molecule has 2 bridgehead atoms. The molecule has 6 nitrogen and oxygen atoms in total. The van der Waals surface area contributed by atoms with Gasteiger partial charge in [-0.05, 0) is 25.1 Å². The van der Waals surface area contributed by atoms with Gasteiger partial charge in [0.2, 0.25) is 5.79 Å². The minimum absolute atomic E-state index is 0.0128. The lowest BCUT2D eigenvalue weighted by Gasteiger charge is -2.39. The molecule has 6 atom stereocenters. The molecule has 0 aromatic heterocycles. The summed E-state index contributed by atoms with van der Waals surface area (Å²) in [4.78, 5) is 4.50. The van der Waals surface area contributed by atoms with Crippen molar-refractivity contribution in [3.05, 3.63) is 0 Å². The molecule has 0 unspecified atom stereocenters. The molecule has 7 heteroatoms. The van der Waals surface area contributed by atoms with Crippen molar-refractivity contribution in [1.82, 2.24) is 0 Å². The first-order valence-electron chi connectivity index (χ1n) is 8.10. The molecule has 0 aromatic carbocycles. The molecule has 4 heterocycles. The van der Waals surface area contributed by atoms with Gasteiger partial charge in [-0.25, -0.2) is 4.99 Å². The van der Waals surface area contributed by atoms with Crippen LogP contribution in [0.4, 0.5) is 0 Å². The van der Waals surface area contributed by atoms with E-state index in [2.05, 4.69) is 38.9 Å². The Hall–Kier alpha value is -0.633. The van der Waals surface area contributed by atoms with Gasteiger partial charge in [0.1, 0.15) is 18.2 Å². The molecule has 124 valence electrons. The fourth-order valence-corrected chi connectivity index (χ4v) is 4.77. The second-order valence-corrected chi connectivity index (χ2v) is 12.8. The number of hydrogen-bond donors (Lipinski definition) is 0. The lowest BCUT2D eigenvalue weighted by molar-refractivity contribution is -0.106. The summed E-state index contributed by atoms with van der Waals surface area (Å²) in [7, 11) is -1.94. The van der Waals surface area contributed by atoms with E-state index in [0.717, 1.165) is 0 Å². The van der Waals surface area contributed by atoms with Crippen molar-refractivity contribution in [3.8, 4) is 0 Å². The first-order chi connectivity index (χ1) is 10.2. The standard InChI is InChI=1S/C15H25NO5Si/c1-7-17-13-16-8-9(19-13)11-15(12(20-15)10(8)18-11)21-22(5,6)14(2,3)4/h8-12H,7H2,1-6H3/t8-,9+,10-,11+,12-,15-/m0/s1. The van der Waals surface area contributed by atoms with Crippen LogP contribution in [0.3, 0.4) is 0 Å². The number of rotatable bonds is 3. The van der Waals surface area contributed by atoms with Crippen LogP contribution in [-0.4, -0.2) is 57.3 Å². The van der Waals surface area contributed by atoms with Crippen molar-refractivity contribution in [1.29, 1.82) is 0 Å². The summed E-state index contributed by atoms with van der Waals surface area (Å²) >= 11 is 0. The average molecular weight is 327 g/mol. The van der Waals surface area contributed by atoms with Crippen molar-refractivity contribution >= 4 is 14.4 Å². The van der Waals surface area contributed by atoms with Gasteiger partial charge in [0.05, 0.1) is 6.61 Å². The smallest absolute Gasteiger partial charge is 0.384 e. The summed E-state index contributed by atoms with van der Waals surface area (Å²) in [5.41, 5.74) is 0. The third-order valence-corrected chi connectivity index (χ3v) is 10.0. The zero-order valence-electron chi connectivity index (χ0n) is 14.1. The largest absolute Gasteiger partial charge is 0.451 e. The summed E-state index contributed by atoms with van der Waals surface area (Å²) in [5.74, 6) is -0.619. The van der Waals surface area contributed by atoms with Crippen LogP contribution < -0.4 is 0 Å². The summed E-state index contributed by atoms with van der Waals surface area (Å²) in [6, 6.07) is -0.0183. The number of fused-ring (bicyclic) bond motifs is 8. The summed E-state index contributed by atoms with van der Waals surface area (Å²) in [6.45, 7) is 13.6. The van der Waals surface area contributed by atoms with Crippen molar-refractivity contribution in [3.63, 3.8) is 0 Å². The summed E-state index contributed by atoms with van der Waals surface area (Å²) < 4.78 is 29.9. The van der Waals surface area contributed by atoms with Crippen LogP contribution in [-0.2, 0) is 23.4 Å². The third kappa shape index (κ3) is 1.79. The second kappa shape index (κ2) is 4.26. The second-order valence-electron chi connectivity index (χ2n) is 8.04. The van der Waals surface area contributed by atoms with Gasteiger partial charge < -0.3 is 23.4 Å². The Kier molecular flexibility index (Phi) is 2.89. The Labute approximate surface area is 132 Å². The molecule has 0 aliphatic carbocycles. The topological polar surface area (TPSA) is 61.8 Å². The van der Waals surface area contributed by atoms with Crippen molar-refractivity contribution in [2.75, 3.05) is 6.61 Å². The molecule has 0 spiro atoms. The zero-order chi connectivity index (χ0) is 15.9. The monoisotopic (exact) mass is 327 g/mol. The summed E-state index contributed by atoms with van der Waals surface area (Å²) in [5, 5.41) is 0.128. The Morgan fingerprint density at radius 1 is 1.23 bits per heavy atom. The van der Waals surface area contributed by atoms with E-state index >= 15 is 0 Å². The van der Waals surface area contributed by atoms with Crippen molar-refractivity contribution in [2.24, 2.45) is 4.99 Å². The molecule has 4 aliphatic heterocycles. The highest BCUT2D eigenvalue weighted by Gasteiger charge is 2.83. The molecular weight excluding hydrogens is 302 g/mol. The van der Waals surface area contributed by atoms with E-state index in [-0.39, 0.29) is 35.5 Å². The highest BCUT2D eigenvalue weighted by molar-refractivity contribution is 6.74.